The first-order valence-electron chi connectivity index (χ1n) is 8.99. The maximum atomic E-state index is 11.1. The molecule has 28 heavy (non-hydrogen) atoms. The van der Waals surface area contributed by atoms with Crippen molar-refractivity contribution in [3.8, 4) is 22.6 Å². The molecule has 0 atom stereocenters. The van der Waals surface area contributed by atoms with E-state index in [-0.39, 0.29) is 6.42 Å². The summed E-state index contributed by atoms with van der Waals surface area (Å²) >= 11 is 0. The molecular weight excluding hydrogens is 354 g/mol. The first-order valence-corrected chi connectivity index (χ1v) is 8.99. The number of para-hydroxylation sites is 1. The number of benzene rings is 3. The highest BCUT2D eigenvalue weighted by Crippen LogP contribution is 2.28. The lowest BCUT2D eigenvalue weighted by atomic mass is 10.0. The zero-order valence-corrected chi connectivity index (χ0v) is 15.7. The lowest BCUT2D eigenvalue weighted by Crippen LogP contribution is -2.04. The highest BCUT2D eigenvalue weighted by molar-refractivity contribution is 5.71. The van der Waals surface area contributed by atoms with Crippen molar-refractivity contribution in [3.63, 3.8) is 0 Å². The molecule has 0 aliphatic heterocycles. The Morgan fingerprint density at radius 3 is 2.50 bits per heavy atom. The molecule has 0 amide bonds. The van der Waals surface area contributed by atoms with Gasteiger partial charge in [-0.1, -0.05) is 36.4 Å². The molecule has 3 N–H and O–H groups in total. The van der Waals surface area contributed by atoms with Gasteiger partial charge in [0.1, 0.15) is 18.1 Å². The summed E-state index contributed by atoms with van der Waals surface area (Å²) in [4.78, 5) is 11.1. The monoisotopic (exact) mass is 377 g/mol. The van der Waals surface area contributed by atoms with E-state index in [1.165, 1.54) is 0 Å². The van der Waals surface area contributed by atoms with Crippen LogP contribution in [-0.4, -0.2) is 18.2 Å². The molecule has 0 saturated heterocycles. The van der Waals surface area contributed by atoms with Crippen LogP contribution in [0.25, 0.3) is 11.1 Å². The van der Waals surface area contributed by atoms with Gasteiger partial charge in [-0.25, -0.2) is 0 Å². The average Bonchev–Trinajstić information content (AvgIpc) is 2.72. The van der Waals surface area contributed by atoms with Crippen molar-refractivity contribution in [1.29, 1.82) is 0 Å². The fraction of sp³-hybridized carbons (Fsp3) is 0.174. The maximum absolute atomic E-state index is 11.1. The molecule has 3 rings (SSSR count). The minimum Gasteiger partial charge on any atom is -0.497 e. The van der Waals surface area contributed by atoms with Gasteiger partial charge in [-0.15, -0.1) is 0 Å². The first-order chi connectivity index (χ1) is 13.6. The number of hydrogen-bond donors (Lipinski definition) is 2. The second-order valence-corrected chi connectivity index (χ2v) is 6.44. The average molecular weight is 377 g/mol. The Morgan fingerprint density at radius 2 is 1.75 bits per heavy atom. The van der Waals surface area contributed by atoms with Gasteiger partial charge in [0.25, 0.3) is 0 Å². The molecule has 0 fully saturated rings. The predicted octanol–water partition coefficient (Wildman–Crippen LogP) is 4.03. The molecule has 0 aromatic heterocycles. The molecule has 0 unspecified atom stereocenters. The first kappa shape index (κ1) is 19.5. The van der Waals surface area contributed by atoms with Crippen LogP contribution in [0.5, 0.6) is 11.5 Å². The fourth-order valence-electron chi connectivity index (χ4n) is 3.02. The van der Waals surface area contributed by atoms with E-state index in [9.17, 15) is 4.79 Å². The summed E-state index contributed by atoms with van der Waals surface area (Å²) in [7, 11) is 1.63. The quantitative estimate of drug-likeness (QED) is 0.619. The van der Waals surface area contributed by atoms with Crippen LogP contribution in [0.3, 0.4) is 0 Å². The summed E-state index contributed by atoms with van der Waals surface area (Å²) < 4.78 is 11.4. The molecule has 144 valence electrons. The van der Waals surface area contributed by atoms with E-state index in [0.29, 0.717) is 24.5 Å². The molecule has 0 aliphatic rings. The number of nitrogens with two attached hydrogens (primary N) is 1. The number of aliphatic carboxylic acids is 1. The summed E-state index contributed by atoms with van der Waals surface area (Å²) in [5.41, 5.74) is 10.4. The maximum Gasteiger partial charge on any atom is 0.307 e. The lowest BCUT2D eigenvalue weighted by molar-refractivity contribution is -0.136. The Bertz CT molecular complexity index is 968. The second-order valence-electron chi connectivity index (χ2n) is 6.44. The van der Waals surface area contributed by atoms with Gasteiger partial charge in [0.2, 0.25) is 0 Å². The summed E-state index contributed by atoms with van der Waals surface area (Å²) in [6, 6.07) is 21.2. The van der Waals surface area contributed by atoms with Crippen molar-refractivity contribution < 1.29 is 19.4 Å². The van der Waals surface area contributed by atoms with Gasteiger partial charge in [-0.05, 0) is 52.6 Å². The number of carboxylic acids is 1. The minimum atomic E-state index is -0.889. The molecule has 5 heteroatoms. The van der Waals surface area contributed by atoms with E-state index in [0.717, 1.165) is 28.0 Å². The van der Waals surface area contributed by atoms with Gasteiger partial charge in [0.05, 0.1) is 13.5 Å². The van der Waals surface area contributed by atoms with Crippen molar-refractivity contribution in [1.82, 2.24) is 0 Å². The second kappa shape index (κ2) is 9.06. The lowest BCUT2D eigenvalue weighted by Gasteiger charge is -2.13. The molecule has 5 nitrogen and oxygen atoms in total. The van der Waals surface area contributed by atoms with E-state index in [2.05, 4.69) is 6.07 Å². The van der Waals surface area contributed by atoms with Gasteiger partial charge in [-0.3, -0.25) is 4.79 Å². The highest BCUT2D eigenvalue weighted by atomic mass is 16.5. The molecule has 0 saturated carbocycles. The standard InChI is InChI=1S/C23H23NO4/c1-27-21-11-17(10-20(12-21)18-7-4-5-16(9-18)14-24)15-28-22-8-3-2-6-19(22)13-23(25)26/h2-12H,13-15,24H2,1H3,(H,25,26). The van der Waals surface area contributed by atoms with E-state index >= 15 is 0 Å². The zero-order chi connectivity index (χ0) is 19.9. The van der Waals surface area contributed by atoms with Crippen molar-refractivity contribution in [2.45, 2.75) is 19.6 Å². The number of carboxylic acid groups (broad SMARTS) is 1. The third kappa shape index (κ3) is 4.90. The van der Waals surface area contributed by atoms with E-state index in [4.69, 9.17) is 20.3 Å². The van der Waals surface area contributed by atoms with Gasteiger partial charge >= 0.3 is 5.97 Å². The topological polar surface area (TPSA) is 81.8 Å². The van der Waals surface area contributed by atoms with Crippen LogP contribution in [0.2, 0.25) is 0 Å². The van der Waals surface area contributed by atoms with Gasteiger partial charge in [-0.2, -0.15) is 0 Å². The number of ether oxygens (including phenoxy) is 2. The summed E-state index contributed by atoms with van der Waals surface area (Å²) in [6.45, 7) is 0.783. The van der Waals surface area contributed by atoms with E-state index in [1.54, 1.807) is 25.3 Å². The van der Waals surface area contributed by atoms with Crippen LogP contribution in [0.15, 0.2) is 66.7 Å². The Hall–Kier alpha value is -3.31. The third-order valence-corrected chi connectivity index (χ3v) is 4.41. The molecule has 0 radical (unpaired) electrons. The number of hydrogen-bond acceptors (Lipinski definition) is 4. The Morgan fingerprint density at radius 1 is 0.964 bits per heavy atom. The molecule has 0 spiro atoms. The van der Waals surface area contributed by atoms with E-state index < -0.39 is 5.97 Å². The van der Waals surface area contributed by atoms with Crippen LogP contribution in [0, 0.1) is 0 Å². The van der Waals surface area contributed by atoms with Crippen LogP contribution in [-0.2, 0) is 24.4 Å². The Balaban J connectivity index is 1.86. The normalized spacial score (nSPS) is 10.5. The minimum absolute atomic E-state index is 0.0780. The largest absolute Gasteiger partial charge is 0.497 e. The van der Waals surface area contributed by atoms with Crippen LogP contribution < -0.4 is 15.2 Å². The van der Waals surface area contributed by atoms with Crippen LogP contribution in [0.4, 0.5) is 0 Å². The number of rotatable bonds is 8. The summed E-state index contributed by atoms with van der Waals surface area (Å²) in [5, 5.41) is 9.07. The van der Waals surface area contributed by atoms with Gasteiger partial charge in [0.15, 0.2) is 0 Å². The predicted molar refractivity (Wildman–Crippen MR) is 108 cm³/mol. The Labute approximate surface area is 164 Å². The molecular formula is C23H23NO4. The zero-order valence-electron chi connectivity index (χ0n) is 15.7. The van der Waals surface area contributed by atoms with Crippen molar-refractivity contribution >= 4 is 5.97 Å². The molecule has 3 aromatic rings. The van der Waals surface area contributed by atoms with Crippen molar-refractivity contribution in [2.75, 3.05) is 7.11 Å². The van der Waals surface area contributed by atoms with Crippen LogP contribution >= 0.6 is 0 Å². The molecule has 0 bridgehead atoms. The number of methoxy groups -OCH3 is 1. The fourth-order valence-corrected chi connectivity index (χ4v) is 3.02. The van der Waals surface area contributed by atoms with Gasteiger partial charge in [0, 0.05) is 12.1 Å². The van der Waals surface area contributed by atoms with E-state index in [1.807, 2.05) is 42.5 Å². The van der Waals surface area contributed by atoms with Crippen molar-refractivity contribution in [3.05, 3.63) is 83.4 Å². The molecule has 3 aromatic carbocycles. The summed E-state index contributed by atoms with van der Waals surface area (Å²) in [6.07, 6.45) is -0.0780. The summed E-state index contributed by atoms with van der Waals surface area (Å²) in [5.74, 6) is 0.409. The van der Waals surface area contributed by atoms with Gasteiger partial charge < -0.3 is 20.3 Å². The van der Waals surface area contributed by atoms with Crippen LogP contribution in [0.1, 0.15) is 16.7 Å². The third-order valence-electron chi connectivity index (χ3n) is 4.41. The Kier molecular flexibility index (Phi) is 6.29. The smallest absolute Gasteiger partial charge is 0.307 e. The number of carbonyl (C=O) groups is 1. The SMILES string of the molecule is COc1cc(COc2ccccc2CC(=O)O)cc(-c2cccc(CN)c2)c1. The molecule has 0 heterocycles. The highest BCUT2D eigenvalue weighted by Gasteiger charge is 2.09. The molecule has 0 aliphatic carbocycles. The van der Waals surface area contributed by atoms with Crippen molar-refractivity contribution in [2.24, 2.45) is 5.73 Å².